The Morgan fingerprint density at radius 2 is 2.50 bits per heavy atom. The Labute approximate surface area is 82.4 Å². The fourth-order valence-electron chi connectivity index (χ4n) is 1.70. The maximum atomic E-state index is 5.46. The molecule has 6 nitrogen and oxygen atoms in total. The van der Waals surface area contributed by atoms with Crippen LogP contribution in [0.4, 0.5) is 0 Å². The van der Waals surface area contributed by atoms with Crippen LogP contribution in [-0.4, -0.2) is 39.4 Å². The Morgan fingerprint density at radius 1 is 1.64 bits per heavy atom. The van der Waals surface area contributed by atoms with Gasteiger partial charge in [-0.15, -0.1) is 10.2 Å². The van der Waals surface area contributed by atoms with E-state index in [1.165, 1.54) is 0 Å². The highest BCUT2D eigenvalue weighted by Gasteiger charge is 2.26. The molecule has 0 aliphatic carbocycles. The SMILES string of the molecule is CC(NC1CCOC1C)c1nn[nH]n1. The quantitative estimate of drug-likeness (QED) is 0.715. The van der Waals surface area contributed by atoms with Gasteiger partial charge in [-0.25, -0.2) is 0 Å². The molecule has 2 heterocycles. The van der Waals surface area contributed by atoms with Crippen molar-refractivity contribution in [2.24, 2.45) is 0 Å². The first kappa shape index (κ1) is 9.54. The molecular weight excluding hydrogens is 182 g/mol. The van der Waals surface area contributed by atoms with Crippen molar-refractivity contribution < 1.29 is 4.74 Å². The molecule has 0 aromatic carbocycles. The van der Waals surface area contributed by atoms with Crippen LogP contribution in [0.2, 0.25) is 0 Å². The van der Waals surface area contributed by atoms with E-state index in [1.807, 2.05) is 6.92 Å². The Balaban J connectivity index is 1.91. The molecule has 0 saturated carbocycles. The number of aromatic amines is 1. The summed E-state index contributed by atoms with van der Waals surface area (Å²) in [4.78, 5) is 0. The van der Waals surface area contributed by atoms with Crippen molar-refractivity contribution in [1.29, 1.82) is 0 Å². The van der Waals surface area contributed by atoms with Crippen molar-refractivity contribution in [2.45, 2.75) is 38.5 Å². The average Bonchev–Trinajstić information content (AvgIpc) is 2.77. The maximum Gasteiger partial charge on any atom is 0.191 e. The zero-order valence-electron chi connectivity index (χ0n) is 8.40. The molecule has 0 amide bonds. The molecule has 1 aromatic rings. The van der Waals surface area contributed by atoms with E-state index in [2.05, 4.69) is 32.9 Å². The standard InChI is InChI=1S/C8H15N5O/c1-5(8-10-12-13-11-8)9-7-3-4-14-6(7)2/h5-7,9H,3-4H2,1-2H3,(H,10,11,12,13). The van der Waals surface area contributed by atoms with Gasteiger partial charge in [-0.1, -0.05) is 5.21 Å². The molecule has 0 bridgehead atoms. The number of nitrogens with one attached hydrogen (secondary N) is 2. The second-order valence-electron chi connectivity index (χ2n) is 3.63. The van der Waals surface area contributed by atoms with E-state index in [0.29, 0.717) is 11.9 Å². The van der Waals surface area contributed by atoms with E-state index < -0.39 is 0 Å². The van der Waals surface area contributed by atoms with Gasteiger partial charge in [-0.05, 0) is 20.3 Å². The van der Waals surface area contributed by atoms with Gasteiger partial charge in [0.05, 0.1) is 12.1 Å². The number of aromatic nitrogens is 4. The third kappa shape index (κ3) is 1.91. The van der Waals surface area contributed by atoms with Gasteiger partial charge in [-0.2, -0.15) is 5.21 Å². The lowest BCUT2D eigenvalue weighted by Crippen LogP contribution is -2.36. The molecule has 2 N–H and O–H groups in total. The molecule has 6 heteroatoms. The summed E-state index contributed by atoms with van der Waals surface area (Å²) in [6.45, 7) is 4.93. The van der Waals surface area contributed by atoms with Crippen LogP contribution in [0.1, 0.15) is 32.1 Å². The van der Waals surface area contributed by atoms with Gasteiger partial charge in [0.1, 0.15) is 0 Å². The van der Waals surface area contributed by atoms with Crippen molar-refractivity contribution in [2.75, 3.05) is 6.61 Å². The second kappa shape index (κ2) is 4.02. The van der Waals surface area contributed by atoms with E-state index in [-0.39, 0.29) is 12.1 Å². The Morgan fingerprint density at radius 3 is 3.07 bits per heavy atom. The van der Waals surface area contributed by atoms with Crippen molar-refractivity contribution in [3.8, 4) is 0 Å². The van der Waals surface area contributed by atoms with Crippen LogP contribution in [-0.2, 0) is 4.74 Å². The summed E-state index contributed by atoms with van der Waals surface area (Å²) in [5.41, 5.74) is 0. The number of rotatable bonds is 3. The molecule has 2 rings (SSSR count). The number of H-pyrrole nitrogens is 1. The van der Waals surface area contributed by atoms with Gasteiger partial charge in [0.2, 0.25) is 0 Å². The van der Waals surface area contributed by atoms with Crippen LogP contribution < -0.4 is 5.32 Å². The minimum atomic E-state index is 0.114. The molecule has 1 saturated heterocycles. The monoisotopic (exact) mass is 197 g/mol. The van der Waals surface area contributed by atoms with Crippen LogP contribution >= 0.6 is 0 Å². The van der Waals surface area contributed by atoms with Crippen molar-refractivity contribution in [3.63, 3.8) is 0 Å². The first-order chi connectivity index (χ1) is 6.77. The van der Waals surface area contributed by atoms with Crippen LogP contribution in [0.3, 0.4) is 0 Å². The molecule has 3 unspecified atom stereocenters. The minimum absolute atomic E-state index is 0.114. The number of nitrogens with zero attached hydrogens (tertiary/aromatic N) is 3. The zero-order chi connectivity index (χ0) is 9.97. The summed E-state index contributed by atoms with van der Waals surface area (Å²) >= 11 is 0. The van der Waals surface area contributed by atoms with Crippen molar-refractivity contribution in [1.82, 2.24) is 25.9 Å². The van der Waals surface area contributed by atoms with Crippen LogP contribution in [0.5, 0.6) is 0 Å². The van der Waals surface area contributed by atoms with Crippen molar-refractivity contribution in [3.05, 3.63) is 5.82 Å². The molecule has 1 aliphatic rings. The normalized spacial score (nSPS) is 29.3. The van der Waals surface area contributed by atoms with Gasteiger partial charge in [-0.3, -0.25) is 0 Å². The highest BCUT2D eigenvalue weighted by atomic mass is 16.5. The minimum Gasteiger partial charge on any atom is -0.377 e. The van der Waals surface area contributed by atoms with E-state index in [0.717, 1.165) is 13.0 Å². The Hall–Kier alpha value is -1.01. The fourth-order valence-corrected chi connectivity index (χ4v) is 1.70. The highest BCUT2D eigenvalue weighted by Crippen LogP contribution is 2.16. The molecule has 0 radical (unpaired) electrons. The van der Waals surface area contributed by atoms with Crippen LogP contribution in [0.15, 0.2) is 0 Å². The number of hydrogen-bond acceptors (Lipinski definition) is 5. The van der Waals surface area contributed by atoms with E-state index in [9.17, 15) is 0 Å². The maximum absolute atomic E-state index is 5.46. The third-order valence-corrected chi connectivity index (χ3v) is 2.59. The number of hydrogen-bond donors (Lipinski definition) is 2. The van der Waals surface area contributed by atoms with Gasteiger partial charge in [0.15, 0.2) is 5.82 Å². The smallest absolute Gasteiger partial charge is 0.191 e. The summed E-state index contributed by atoms with van der Waals surface area (Å²) in [6.07, 6.45) is 1.31. The largest absolute Gasteiger partial charge is 0.377 e. The van der Waals surface area contributed by atoms with Gasteiger partial charge < -0.3 is 10.1 Å². The van der Waals surface area contributed by atoms with Gasteiger partial charge in [0, 0.05) is 12.6 Å². The van der Waals surface area contributed by atoms with E-state index in [4.69, 9.17) is 4.74 Å². The van der Waals surface area contributed by atoms with Crippen LogP contribution in [0, 0.1) is 0 Å². The fraction of sp³-hybridized carbons (Fsp3) is 0.875. The second-order valence-corrected chi connectivity index (χ2v) is 3.63. The summed E-state index contributed by atoms with van der Waals surface area (Å²) in [5, 5.41) is 17.3. The predicted octanol–water partition coefficient (Wildman–Crippen LogP) is 0.0277. The predicted molar refractivity (Wildman–Crippen MR) is 49.5 cm³/mol. The summed E-state index contributed by atoms with van der Waals surface area (Å²) in [5.74, 6) is 0.698. The molecule has 78 valence electrons. The zero-order valence-corrected chi connectivity index (χ0v) is 8.40. The first-order valence-corrected chi connectivity index (χ1v) is 4.88. The molecule has 1 aromatic heterocycles. The molecule has 14 heavy (non-hydrogen) atoms. The topological polar surface area (TPSA) is 75.7 Å². The molecule has 1 aliphatic heterocycles. The van der Waals surface area contributed by atoms with Gasteiger partial charge >= 0.3 is 0 Å². The molecular formula is C8H15N5O. The molecule has 3 atom stereocenters. The average molecular weight is 197 g/mol. The number of ether oxygens (including phenoxy) is 1. The Bertz CT molecular complexity index is 275. The summed E-state index contributed by atoms with van der Waals surface area (Å²) < 4.78 is 5.46. The lowest BCUT2D eigenvalue weighted by molar-refractivity contribution is 0.111. The van der Waals surface area contributed by atoms with E-state index in [1.54, 1.807) is 0 Å². The number of tetrazole rings is 1. The summed E-state index contributed by atoms with van der Waals surface area (Å²) in [6, 6.07) is 0.506. The van der Waals surface area contributed by atoms with E-state index >= 15 is 0 Å². The lowest BCUT2D eigenvalue weighted by Gasteiger charge is -2.19. The van der Waals surface area contributed by atoms with Crippen LogP contribution in [0.25, 0.3) is 0 Å². The highest BCUT2D eigenvalue weighted by molar-refractivity contribution is 4.90. The van der Waals surface area contributed by atoms with Crippen molar-refractivity contribution >= 4 is 0 Å². The first-order valence-electron chi connectivity index (χ1n) is 4.88. The molecule has 1 fully saturated rings. The van der Waals surface area contributed by atoms with Gasteiger partial charge in [0.25, 0.3) is 0 Å². The third-order valence-electron chi connectivity index (χ3n) is 2.59. The summed E-state index contributed by atoms with van der Waals surface area (Å²) in [7, 11) is 0. The molecule has 0 spiro atoms. The lowest BCUT2D eigenvalue weighted by atomic mass is 10.1. The Kier molecular flexibility index (Phi) is 2.74.